The van der Waals surface area contributed by atoms with Crippen LogP contribution < -0.4 is 5.32 Å². The SMILES string of the molecule is C[C@@H](OC(=O)C1CCN(C(=O)OC(C)(C)C)CC1)C(=O)Nc1cccnc1Cl. The number of carbonyl (C=O) groups excluding carboxylic acids is 3. The first-order valence-electron chi connectivity index (χ1n) is 9.16. The molecule has 154 valence electrons. The number of carbonyl (C=O) groups is 3. The van der Waals surface area contributed by atoms with Crippen molar-refractivity contribution in [3.63, 3.8) is 0 Å². The smallest absolute Gasteiger partial charge is 0.410 e. The zero-order valence-electron chi connectivity index (χ0n) is 16.5. The number of pyridine rings is 1. The molecule has 2 rings (SSSR count). The summed E-state index contributed by atoms with van der Waals surface area (Å²) in [4.78, 5) is 42.1. The highest BCUT2D eigenvalue weighted by Gasteiger charge is 2.32. The van der Waals surface area contributed by atoms with Crippen LogP contribution in [0, 0.1) is 5.92 Å². The summed E-state index contributed by atoms with van der Waals surface area (Å²) >= 11 is 5.90. The van der Waals surface area contributed by atoms with Crippen LogP contribution in [0.2, 0.25) is 5.15 Å². The van der Waals surface area contributed by atoms with Gasteiger partial charge in [-0.05, 0) is 52.7 Å². The van der Waals surface area contributed by atoms with E-state index in [2.05, 4.69) is 10.3 Å². The second kappa shape index (κ2) is 9.23. The average molecular weight is 412 g/mol. The fourth-order valence-corrected chi connectivity index (χ4v) is 2.83. The maximum Gasteiger partial charge on any atom is 0.410 e. The lowest BCUT2D eigenvalue weighted by Gasteiger charge is -2.32. The Labute approximate surface area is 169 Å². The van der Waals surface area contributed by atoms with Crippen molar-refractivity contribution in [3.8, 4) is 0 Å². The van der Waals surface area contributed by atoms with Crippen molar-refractivity contribution in [2.24, 2.45) is 5.92 Å². The molecule has 1 atom stereocenters. The molecule has 2 heterocycles. The number of aromatic nitrogens is 1. The molecule has 0 spiro atoms. The first-order chi connectivity index (χ1) is 13.1. The molecule has 1 saturated heterocycles. The summed E-state index contributed by atoms with van der Waals surface area (Å²) in [6.45, 7) is 7.72. The molecule has 0 saturated carbocycles. The van der Waals surface area contributed by atoms with Crippen molar-refractivity contribution in [2.75, 3.05) is 18.4 Å². The number of nitrogens with one attached hydrogen (secondary N) is 1. The van der Waals surface area contributed by atoms with Gasteiger partial charge in [0.25, 0.3) is 5.91 Å². The summed E-state index contributed by atoms with van der Waals surface area (Å²) in [7, 11) is 0. The number of hydrogen-bond acceptors (Lipinski definition) is 6. The molecule has 1 N–H and O–H groups in total. The predicted octanol–water partition coefficient (Wildman–Crippen LogP) is 3.25. The van der Waals surface area contributed by atoms with Crippen molar-refractivity contribution in [3.05, 3.63) is 23.5 Å². The van der Waals surface area contributed by atoms with E-state index in [0.717, 1.165) is 0 Å². The molecule has 8 nitrogen and oxygen atoms in total. The highest BCUT2D eigenvalue weighted by molar-refractivity contribution is 6.32. The Morgan fingerprint density at radius 3 is 2.50 bits per heavy atom. The molecule has 1 aromatic rings. The van der Waals surface area contributed by atoms with Gasteiger partial charge in [-0.3, -0.25) is 9.59 Å². The summed E-state index contributed by atoms with van der Waals surface area (Å²) in [5, 5.41) is 2.74. The lowest BCUT2D eigenvalue weighted by atomic mass is 9.97. The maximum absolute atomic E-state index is 12.4. The number of hydrogen-bond donors (Lipinski definition) is 1. The number of halogens is 1. The van der Waals surface area contributed by atoms with E-state index in [1.54, 1.807) is 37.8 Å². The minimum Gasteiger partial charge on any atom is -0.452 e. The molecule has 1 aliphatic heterocycles. The third-order valence-electron chi connectivity index (χ3n) is 4.16. The summed E-state index contributed by atoms with van der Waals surface area (Å²) in [6.07, 6.45) is 1.06. The van der Waals surface area contributed by atoms with E-state index in [0.29, 0.717) is 31.6 Å². The Balaban J connectivity index is 1.81. The van der Waals surface area contributed by atoms with Gasteiger partial charge >= 0.3 is 12.1 Å². The number of anilines is 1. The second-order valence-corrected chi connectivity index (χ2v) is 8.01. The first kappa shape index (κ1) is 21.9. The van der Waals surface area contributed by atoms with E-state index in [1.165, 1.54) is 13.1 Å². The van der Waals surface area contributed by atoms with Crippen LogP contribution >= 0.6 is 11.6 Å². The predicted molar refractivity (Wildman–Crippen MR) is 104 cm³/mol. The zero-order valence-corrected chi connectivity index (χ0v) is 17.3. The number of ether oxygens (including phenoxy) is 2. The number of likely N-dealkylation sites (tertiary alicyclic amines) is 1. The fourth-order valence-electron chi connectivity index (χ4n) is 2.66. The molecule has 1 aliphatic rings. The molecule has 9 heteroatoms. The summed E-state index contributed by atoms with van der Waals surface area (Å²) in [6, 6.07) is 3.24. The molecule has 0 unspecified atom stereocenters. The quantitative estimate of drug-likeness (QED) is 0.603. The third kappa shape index (κ3) is 6.37. The van der Waals surface area contributed by atoms with Crippen LogP contribution in [-0.2, 0) is 19.1 Å². The van der Waals surface area contributed by atoms with Gasteiger partial charge in [-0.1, -0.05) is 11.6 Å². The molecule has 1 aromatic heterocycles. The van der Waals surface area contributed by atoms with Crippen LogP contribution in [0.15, 0.2) is 18.3 Å². The maximum atomic E-state index is 12.4. The third-order valence-corrected chi connectivity index (χ3v) is 4.46. The standard InChI is InChI=1S/C19H26ClN3O5/c1-12(16(24)22-14-6-5-9-21-15(14)20)27-17(25)13-7-10-23(11-8-13)18(26)28-19(2,3)4/h5-6,9,12-13H,7-8,10-11H2,1-4H3,(H,22,24)/t12-/m1/s1. The highest BCUT2D eigenvalue weighted by atomic mass is 35.5. The van der Waals surface area contributed by atoms with Crippen LogP contribution in [0.1, 0.15) is 40.5 Å². The second-order valence-electron chi connectivity index (χ2n) is 7.65. The van der Waals surface area contributed by atoms with Crippen molar-refractivity contribution >= 4 is 35.3 Å². The number of esters is 1. The van der Waals surface area contributed by atoms with Gasteiger partial charge in [0.1, 0.15) is 5.60 Å². The van der Waals surface area contributed by atoms with Crippen molar-refractivity contribution in [2.45, 2.75) is 52.2 Å². The molecule has 0 aliphatic carbocycles. The van der Waals surface area contributed by atoms with Gasteiger partial charge in [-0.2, -0.15) is 0 Å². The Morgan fingerprint density at radius 1 is 1.29 bits per heavy atom. The minimum absolute atomic E-state index is 0.156. The van der Waals surface area contributed by atoms with Crippen molar-refractivity contribution in [1.82, 2.24) is 9.88 Å². The molecule has 2 amide bonds. The number of nitrogens with zero attached hydrogens (tertiary/aromatic N) is 2. The van der Waals surface area contributed by atoms with Crippen LogP contribution in [0.5, 0.6) is 0 Å². The van der Waals surface area contributed by atoms with Crippen LogP contribution in [0.25, 0.3) is 0 Å². The average Bonchev–Trinajstić information content (AvgIpc) is 2.62. The van der Waals surface area contributed by atoms with Gasteiger partial charge in [0.2, 0.25) is 0 Å². The molecule has 0 aromatic carbocycles. The Kier molecular flexibility index (Phi) is 7.23. The lowest BCUT2D eigenvalue weighted by molar-refractivity contribution is -0.158. The van der Waals surface area contributed by atoms with E-state index in [1.807, 2.05) is 0 Å². The van der Waals surface area contributed by atoms with Gasteiger partial charge in [0, 0.05) is 19.3 Å². The van der Waals surface area contributed by atoms with Gasteiger partial charge in [0.05, 0.1) is 11.6 Å². The van der Waals surface area contributed by atoms with Gasteiger partial charge < -0.3 is 19.7 Å². The van der Waals surface area contributed by atoms with Gasteiger partial charge in [-0.15, -0.1) is 0 Å². The molecular weight excluding hydrogens is 386 g/mol. The highest BCUT2D eigenvalue weighted by Crippen LogP contribution is 2.22. The fraction of sp³-hybridized carbons (Fsp3) is 0.579. The van der Waals surface area contributed by atoms with Crippen LogP contribution in [0.3, 0.4) is 0 Å². The molecular formula is C19H26ClN3O5. The number of rotatable bonds is 4. The topological polar surface area (TPSA) is 97.8 Å². The van der Waals surface area contributed by atoms with E-state index >= 15 is 0 Å². The Morgan fingerprint density at radius 2 is 1.93 bits per heavy atom. The first-order valence-corrected chi connectivity index (χ1v) is 9.54. The van der Waals surface area contributed by atoms with Crippen LogP contribution in [-0.4, -0.2) is 52.6 Å². The largest absolute Gasteiger partial charge is 0.452 e. The van der Waals surface area contributed by atoms with E-state index in [4.69, 9.17) is 21.1 Å². The van der Waals surface area contributed by atoms with Crippen molar-refractivity contribution in [1.29, 1.82) is 0 Å². The van der Waals surface area contributed by atoms with Gasteiger partial charge in [-0.25, -0.2) is 9.78 Å². The van der Waals surface area contributed by atoms with Crippen LogP contribution in [0.4, 0.5) is 10.5 Å². The van der Waals surface area contributed by atoms with E-state index < -0.39 is 23.6 Å². The Bertz CT molecular complexity index is 727. The lowest BCUT2D eigenvalue weighted by Crippen LogP contribution is -2.43. The molecule has 1 fully saturated rings. The zero-order chi connectivity index (χ0) is 20.9. The van der Waals surface area contributed by atoms with Crippen molar-refractivity contribution < 1.29 is 23.9 Å². The summed E-state index contributed by atoms with van der Waals surface area (Å²) < 4.78 is 10.6. The monoisotopic (exact) mass is 411 g/mol. The van der Waals surface area contributed by atoms with E-state index in [-0.39, 0.29) is 17.2 Å². The summed E-state index contributed by atoms with van der Waals surface area (Å²) in [5.41, 5.74) is -0.213. The number of piperidine rings is 1. The Hall–Kier alpha value is -2.35. The number of amides is 2. The van der Waals surface area contributed by atoms with Gasteiger partial charge in [0.15, 0.2) is 11.3 Å². The van der Waals surface area contributed by atoms with E-state index in [9.17, 15) is 14.4 Å². The molecule has 28 heavy (non-hydrogen) atoms. The molecule has 0 radical (unpaired) electrons. The summed E-state index contributed by atoms with van der Waals surface area (Å²) in [5.74, 6) is -1.31. The normalized spacial score (nSPS) is 16.2. The minimum atomic E-state index is -0.979. The molecule has 0 bridgehead atoms.